The number of piperazine rings is 1. The summed E-state index contributed by atoms with van der Waals surface area (Å²) in [6.07, 6.45) is 0. The second kappa shape index (κ2) is 8.84. The standard InChI is InChI=1S/C22H26ClN7O2/c1-22(2,3)29-21(24-25-26-29)20(16-4-6-17(23)7-5-16)28-14-12-27(13-15-28)18-8-10-19(11-9-18)30(31)32/h4-11,20H,12-15H2,1-3H3. The Hall–Kier alpha value is -3.04. The molecule has 0 spiro atoms. The second-order valence-electron chi connectivity index (χ2n) is 8.87. The van der Waals surface area contributed by atoms with E-state index >= 15 is 0 Å². The minimum atomic E-state index is -0.377. The number of tetrazole rings is 1. The Morgan fingerprint density at radius 1 is 1.00 bits per heavy atom. The Bertz CT molecular complexity index is 1070. The highest BCUT2D eigenvalue weighted by molar-refractivity contribution is 6.30. The molecule has 1 saturated heterocycles. The maximum absolute atomic E-state index is 10.9. The normalized spacial score (nSPS) is 16.2. The number of rotatable bonds is 5. The number of aromatic nitrogens is 4. The molecule has 1 aromatic heterocycles. The third-order valence-electron chi connectivity index (χ3n) is 5.66. The van der Waals surface area contributed by atoms with Gasteiger partial charge in [-0.3, -0.25) is 15.0 Å². The average Bonchev–Trinajstić information content (AvgIpc) is 3.26. The largest absolute Gasteiger partial charge is 0.369 e. The van der Waals surface area contributed by atoms with Crippen LogP contribution in [0.3, 0.4) is 0 Å². The number of hydrogen-bond donors (Lipinski definition) is 0. The Morgan fingerprint density at radius 3 is 2.19 bits per heavy atom. The first kappa shape index (κ1) is 22.2. The third kappa shape index (κ3) is 4.58. The number of nitro groups is 1. The molecule has 2 heterocycles. The zero-order chi connectivity index (χ0) is 22.9. The van der Waals surface area contributed by atoms with Gasteiger partial charge < -0.3 is 4.90 Å². The molecule has 168 valence electrons. The van der Waals surface area contributed by atoms with Crippen molar-refractivity contribution < 1.29 is 4.92 Å². The van der Waals surface area contributed by atoms with E-state index in [-0.39, 0.29) is 22.2 Å². The fourth-order valence-corrected chi connectivity index (χ4v) is 4.16. The number of halogens is 1. The highest BCUT2D eigenvalue weighted by Crippen LogP contribution is 2.32. The van der Waals surface area contributed by atoms with Crippen LogP contribution in [0.2, 0.25) is 5.02 Å². The van der Waals surface area contributed by atoms with Crippen molar-refractivity contribution in [1.29, 1.82) is 0 Å². The number of non-ortho nitro benzene ring substituents is 1. The van der Waals surface area contributed by atoms with Gasteiger partial charge in [0.1, 0.15) is 0 Å². The molecule has 10 heteroatoms. The van der Waals surface area contributed by atoms with Crippen LogP contribution in [0.4, 0.5) is 11.4 Å². The van der Waals surface area contributed by atoms with Crippen molar-refractivity contribution in [2.75, 3.05) is 31.1 Å². The molecule has 0 saturated carbocycles. The summed E-state index contributed by atoms with van der Waals surface area (Å²) in [5.41, 5.74) is 1.91. The highest BCUT2D eigenvalue weighted by Gasteiger charge is 2.33. The lowest BCUT2D eigenvalue weighted by molar-refractivity contribution is -0.384. The Labute approximate surface area is 191 Å². The van der Waals surface area contributed by atoms with Crippen molar-refractivity contribution in [1.82, 2.24) is 25.1 Å². The number of benzene rings is 2. The van der Waals surface area contributed by atoms with Crippen LogP contribution < -0.4 is 4.90 Å². The minimum absolute atomic E-state index is 0.101. The summed E-state index contributed by atoms with van der Waals surface area (Å²) in [7, 11) is 0. The predicted molar refractivity (Wildman–Crippen MR) is 123 cm³/mol. The van der Waals surface area contributed by atoms with Crippen LogP contribution in [-0.4, -0.2) is 56.2 Å². The smallest absolute Gasteiger partial charge is 0.269 e. The Kier molecular flexibility index (Phi) is 6.12. The fourth-order valence-electron chi connectivity index (χ4n) is 4.03. The molecule has 0 bridgehead atoms. The van der Waals surface area contributed by atoms with Gasteiger partial charge in [-0.1, -0.05) is 23.7 Å². The zero-order valence-electron chi connectivity index (χ0n) is 18.3. The Balaban J connectivity index is 1.59. The lowest BCUT2D eigenvalue weighted by atomic mass is 10.0. The lowest BCUT2D eigenvalue weighted by Gasteiger charge is -2.40. The van der Waals surface area contributed by atoms with Gasteiger partial charge in [-0.25, -0.2) is 4.68 Å². The Morgan fingerprint density at radius 2 is 1.62 bits per heavy atom. The molecule has 0 aliphatic carbocycles. The number of nitrogens with zero attached hydrogens (tertiary/aromatic N) is 7. The van der Waals surface area contributed by atoms with Crippen LogP contribution >= 0.6 is 11.6 Å². The summed E-state index contributed by atoms with van der Waals surface area (Å²) >= 11 is 6.14. The van der Waals surface area contributed by atoms with Crippen molar-refractivity contribution in [2.24, 2.45) is 0 Å². The minimum Gasteiger partial charge on any atom is -0.369 e. The molecule has 0 N–H and O–H groups in total. The molecule has 1 unspecified atom stereocenters. The third-order valence-corrected chi connectivity index (χ3v) is 5.92. The monoisotopic (exact) mass is 455 g/mol. The zero-order valence-corrected chi connectivity index (χ0v) is 19.1. The molecular weight excluding hydrogens is 430 g/mol. The first-order chi connectivity index (χ1) is 15.2. The van der Waals surface area contributed by atoms with Gasteiger partial charge in [0.25, 0.3) is 5.69 Å². The van der Waals surface area contributed by atoms with Crippen molar-refractivity contribution in [3.63, 3.8) is 0 Å². The second-order valence-corrected chi connectivity index (χ2v) is 9.31. The summed E-state index contributed by atoms with van der Waals surface area (Å²) in [6.45, 7) is 9.41. The summed E-state index contributed by atoms with van der Waals surface area (Å²) in [5.74, 6) is 0.795. The molecule has 1 fully saturated rings. The van der Waals surface area contributed by atoms with Crippen LogP contribution in [0.1, 0.15) is 38.2 Å². The molecule has 1 aliphatic heterocycles. The molecule has 32 heavy (non-hydrogen) atoms. The van der Waals surface area contributed by atoms with E-state index < -0.39 is 0 Å². The van der Waals surface area contributed by atoms with Gasteiger partial charge in [0.15, 0.2) is 5.82 Å². The van der Waals surface area contributed by atoms with Gasteiger partial charge in [0.05, 0.1) is 16.5 Å². The van der Waals surface area contributed by atoms with Crippen molar-refractivity contribution in [3.05, 3.63) is 75.1 Å². The van der Waals surface area contributed by atoms with E-state index in [1.807, 2.05) is 41.1 Å². The molecule has 1 aliphatic rings. The predicted octanol–water partition coefficient (Wildman–Crippen LogP) is 3.90. The van der Waals surface area contributed by atoms with E-state index in [1.165, 1.54) is 0 Å². The van der Waals surface area contributed by atoms with Crippen LogP contribution in [0, 0.1) is 10.1 Å². The number of nitro benzene ring substituents is 1. The summed E-state index contributed by atoms with van der Waals surface area (Å²) < 4.78 is 1.88. The van der Waals surface area contributed by atoms with E-state index in [2.05, 4.69) is 46.1 Å². The van der Waals surface area contributed by atoms with E-state index in [1.54, 1.807) is 12.1 Å². The van der Waals surface area contributed by atoms with Gasteiger partial charge >= 0.3 is 0 Å². The maximum atomic E-state index is 10.9. The molecule has 9 nitrogen and oxygen atoms in total. The van der Waals surface area contributed by atoms with Crippen LogP contribution in [0.15, 0.2) is 48.5 Å². The van der Waals surface area contributed by atoms with Gasteiger partial charge in [-0.2, -0.15) is 0 Å². The van der Waals surface area contributed by atoms with E-state index in [9.17, 15) is 10.1 Å². The van der Waals surface area contributed by atoms with Crippen molar-refractivity contribution in [3.8, 4) is 0 Å². The van der Waals surface area contributed by atoms with E-state index in [0.29, 0.717) is 5.02 Å². The molecule has 0 amide bonds. The molecule has 0 radical (unpaired) electrons. The van der Waals surface area contributed by atoms with E-state index in [0.717, 1.165) is 43.3 Å². The summed E-state index contributed by atoms with van der Waals surface area (Å²) in [6, 6.07) is 14.4. The topological polar surface area (TPSA) is 93.2 Å². The van der Waals surface area contributed by atoms with Crippen molar-refractivity contribution >= 4 is 23.0 Å². The molecule has 1 atom stereocenters. The fraction of sp³-hybridized carbons (Fsp3) is 0.409. The molecule has 3 aromatic rings. The van der Waals surface area contributed by atoms with Crippen LogP contribution in [-0.2, 0) is 5.54 Å². The quantitative estimate of drug-likeness (QED) is 0.425. The first-order valence-corrected chi connectivity index (χ1v) is 10.9. The van der Waals surface area contributed by atoms with Gasteiger partial charge in [0.2, 0.25) is 0 Å². The van der Waals surface area contributed by atoms with Crippen LogP contribution in [0.25, 0.3) is 0 Å². The SMILES string of the molecule is CC(C)(C)n1nnnc1C(c1ccc(Cl)cc1)N1CCN(c2ccc([N+](=O)[O-])cc2)CC1. The van der Waals surface area contributed by atoms with Gasteiger partial charge in [0, 0.05) is 49.0 Å². The lowest BCUT2D eigenvalue weighted by Crippen LogP contribution is -2.48. The molecular formula is C22H26ClN7O2. The average molecular weight is 456 g/mol. The number of hydrogen-bond acceptors (Lipinski definition) is 7. The summed E-state index contributed by atoms with van der Waals surface area (Å²) in [4.78, 5) is 15.2. The van der Waals surface area contributed by atoms with E-state index in [4.69, 9.17) is 11.6 Å². The number of anilines is 1. The van der Waals surface area contributed by atoms with Crippen LogP contribution in [0.5, 0.6) is 0 Å². The molecule has 2 aromatic carbocycles. The van der Waals surface area contributed by atoms with Crippen molar-refractivity contribution in [2.45, 2.75) is 32.4 Å². The van der Waals surface area contributed by atoms with Gasteiger partial charge in [-0.15, -0.1) is 5.10 Å². The molecule has 4 rings (SSSR count). The first-order valence-electron chi connectivity index (χ1n) is 10.5. The van der Waals surface area contributed by atoms with Gasteiger partial charge in [-0.05, 0) is 61.0 Å². The maximum Gasteiger partial charge on any atom is 0.269 e. The highest BCUT2D eigenvalue weighted by atomic mass is 35.5. The summed E-state index contributed by atoms with van der Waals surface area (Å²) in [5, 5.41) is 24.3.